The molecule has 0 radical (unpaired) electrons. The number of alkyl halides is 3. The molecule has 0 atom stereocenters. The van der Waals surface area contributed by atoms with Crippen molar-refractivity contribution in [3.8, 4) is 5.75 Å². The molecular formula is C12H15F3N2O3. The number of amides is 1. The van der Waals surface area contributed by atoms with Gasteiger partial charge in [0.15, 0.2) is 5.75 Å². The van der Waals surface area contributed by atoms with E-state index in [0.717, 1.165) is 0 Å². The number of para-hydroxylation sites is 2. The predicted octanol–water partition coefficient (Wildman–Crippen LogP) is 1.76. The fourth-order valence-electron chi connectivity index (χ4n) is 1.36. The Bertz CT molecular complexity index is 438. The van der Waals surface area contributed by atoms with Gasteiger partial charge in [-0.3, -0.25) is 4.79 Å². The maximum atomic E-state index is 12.2. The number of rotatable bonds is 7. The summed E-state index contributed by atoms with van der Waals surface area (Å²) < 4.78 is 45.1. The van der Waals surface area contributed by atoms with Crippen LogP contribution in [0, 0.1) is 0 Å². The molecule has 1 amide bonds. The van der Waals surface area contributed by atoms with E-state index in [2.05, 4.69) is 15.4 Å². The van der Waals surface area contributed by atoms with E-state index in [1.807, 2.05) is 0 Å². The number of carbonyl (C=O) groups excluding carboxylic acids is 1. The summed E-state index contributed by atoms with van der Waals surface area (Å²) in [7, 11) is 1.50. The maximum absolute atomic E-state index is 12.2. The normalized spacial score (nSPS) is 11.0. The molecule has 0 aliphatic heterocycles. The fourth-order valence-corrected chi connectivity index (χ4v) is 1.36. The summed E-state index contributed by atoms with van der Waals surface area (Å²) in [4.78, 5) is 11.4. The van der Waals surface area contributed by atoms with E-state index in [9.17, 15) is 18.0 Å². The molecule has 1 aromatic carbocycles. The zero-order chi connectivity index (χ0) is 15.0. The summed E-state index contributed by atoms with van der Waals surface area (Å²) in [6.45, 7) is 0.527. The van der Waals surface area contributed by atoms with Gasteiger partial charge in [0, 0.05) is 13.7 Å². The van der Waals surface area contributed by atoms with Crippen molar-refractivity contribution >= 4 is 11.6 Å². The van der Waals surface area contributed by atoms with Crippen LogP contribution in [0.5, 0.6) is 5.75 Å². The minimum Gasteiger partial charge on any atom is -0.404 e. The third kappa shape index (κ3) is 6.28. The minimum absolute atomic E-state index is 0.0896. The lowest BCUT2D eigenvalue weighted by atomic mass is 10.3. The van der Waals surface area contributed by atoms with E-state index >= 15 is 0 Å². The highest BCUT2D eigenvalue weighted by atomic mass is 19.4. The maximum Gasteiger partial charge on any atom is 0.573 e. The van der Waals surface area contributed by atoms with Crippen molar-refractivity contribution in [3.05, 3.63) is 24.3 Å². The topological polar surface area (TPSA) is 59.6 Å². The Kier molecular flexibility index (Phi) is 6.10. The van der Waals surface area contributed by atoms with Crippen LogP contribution in [0.1, 0.15) is 0 Å². The molecule has 0 saturated heterocycles. The van der Waals surface area contributed by atoms with Crippen molar-refractivity contribution in [2.45, 2.75) is 6.36 Å². The summed E-state index contributed by atoms with van der Waals surface area (Å²) in [6, 6.07) is 5.50. The number of benzene rings is 1. The van der Waals surface area contributed by atoms with Gasteiger partial charge in [0.05, 0.1) is 18.8 Å². The van der Waals surface area contributed by atoms with Crippen LogP contribution in [0.15, 0.2) is 24.3 Å². The Morgan fingerprint density at radius 2 is 2.00 bits per heavy atom. The molecule has 0 saturated carbocycles. The van der Waals surface area contributed by atoms with Crippen molar-refractivity contribution in [1.29, 1.82) is 0 Å². The SMILES string of the molecule is COCCNC(=O)CNc1ccccc1OC(F)(F)F. The van der Waals surface area contributed by atoms with Crippen LogP contribution < -0.4 is 15.4 Å². The van der Waals surface area contributed by atoms with E-state index < -0.39 is 6.36 Å². The van der Waals surface area contributed by atoms with Crippen molar-refractivity contribution in [1.82, 2.24) is 5.32 Å². The van der Waals surface area contributed by atoms with E-state index in [-0.39, 0.29) is 23.9 Å². The first-order valence-electron chi connectivity index (χ1n) is 5.76. The number of nitrogens with one attached hydrogen (secondary N) is 2. The van der Waals surface area contributed by atoms with Gasteiger partial charge < -0.3 is 20.1 Å². The van der Waals surface area contributed by atoms with Gasteiger partial charge in [0.2, 0.25) is 5.91 Å². The van der Waals surface area contributed by atoms with Crippen molar-refractivity contribution in [2.24, 2.45) is 0 Å². The number of carbonyl (C=O) groups is 1. The Balaban J connectivity index is 2.53. The summed E-state index contributed by atoms with van der Waals surface area (Å²) >= 11 is 0. The molecule has 1 aromatic rings. The molecule has 0 heterocycles. The quantitative estimate of drug-likeness (QED) is 0.752. The molecule has 0 aromatic heterocycles. The van der Waals surface area contributed by atoms with Crippen LogP contribution in [0.3, 0.4) is 0 Å². The van der Waals surface area contributed by atoms with Gasteiger partial charge in [-0.2, -0.15) is 0 Å². The average molecular weight is 292 g/mol. The first-order chi connectivity index (χ1) is 9.42. The van der Waals surface area contributed by atoms with E-state index in [1.54, 1.807) is 0 Å². The van der Waals surface area contributed by atoms with Crippen LogP contribution in [0.4, 0.5) is 18.9 Å². The molecule has 5 nitrogen and oxygen atoms in total. The molecule has 112 valence electrons. The van der Waals surface area contributed by atoms with Crippen molar-refractivity contribution < 1.29 is 27.4 Å². The molecule has 0 spiro atoms. The van der Waals surface area contributed by atoms with Gasteiger partial charge in [-0.05, 0) is 12.1 Å². The second kappa shape index (κ2) is 7.59. The molecule has 0 fully saturated rings. The third-order valence-electron chi connectivity index (χ3n) is 2.18. The standard InChI is InChI=1S/C12H15F3N2O3/c1-19-7-6-16-11(18)8-17-9-4-2-3-5-10(9)20-12(13,14)15/h2-5,17H,6-8H2,1H3,(H,16,18). The largest absolute Gasteiger partial charge is 0.573 e. The molecule has 0 bridgehead atoms. The van der Waals surface area contributed by atoms with Crippen LogP contribution in [0.2, 0.25) is 0 Å². The second-order valence-electron chi connectivity index (χ2n) is 3.74. The first kappa shape index (κ1) is 16.1. The zero-order valence-corrected chi connectivity index (χ0v) is 10.8. The summed E-state index contributed by atoms with van der Waals surface area (Å²) in [6.07, 6.45) is -4.78. The molecule has 20 heavy (non-hydrogen) atoms. The van der Waals surface area contributed by atoms with Crippen LogP contribution >= 0.6 is 0 Å². The lowest BCUT2D eigenvalue weighted by molar-refractivity contribution is -0.274. The number of anilines is 1. The molecular weight excluding hydrogens is 277 g/mol. The summed E-state index contributed by atoms with van der Waals surface area (Å²) in [5, 5.41) is 5.12. The average Bonchev–Trinajstić information content (AvgIpc) is 2.36. The third-order valence-corrected chi connectivity index (χ3v) is 2.18. The zero-order valence-electron chi connectivity index (χ0n) is 10.8. The highest BCUT2D eigenvalue weighted by Crippen LogP contribution is 2.29. The summed E-state index contributed by atoms with van der Waals surface area (Å²) in [5.74, 6) is -0.742. The van der Waals surface area contributed by atoms with Crippen molar-refractivity contribution in [3.63, 3.8) is 0 Å². The molecule has 0 aliphatic rings. The number of hydrogen-bond donors (Lipinski definition) is 2. The second-order valence-corrected chi connectivity index (χ2v) is 3.74. The Labute approximate surface area is 114 Å². The number of methoxy groups -OCH3 is 1. The van der Waals surface area contributed by atoms with Crippen LogP contribution in [-0.2, 0) is 9.53 Å². The van der Waals surface area contributed by atoms with Crippen molar-refractivity contribution in [2.75, 3.05) is 32.1 Å². The minimum atomic E-state index is -4.78. The number of halogens is 3. The van der Waals surface area contributed by atoms with Gasteiger partial charge in [-0.15, -0.1) is 13.2 Å². The highest BCUT2D eigenvalue weighted by Gasteiger charge is 2.32. The highest BCUT2D eigenvalue weighted by molar-refractivity contribution is 5.81. The van der Waals surface area contributed by atoms with E-state index in [0.29, 0.717) is 13.2 Å². The molecule has 1 rings (SSSR count). The lowest BCUT2D eigenvalue weighted by Gasteiger charge is -2.14. The first-order valence-corrected chi connectivity index (χ1v) is 5.76. The lowest BCUT2D eigenvalue weighted by Crippen LogP contribution is -2.32. The molecule has 0 aliphatic carbocycles. The van der Waals surface area contributed by atoms with Gasteiger partial charge >= 0.3 is 6.36 Å². The predicted molar refractivity (Wildman–Crippen MR) is 66.5 cm³/mol. The van der Waals surface area contributed by atoms with Crippen LogP contribution in [0.25, 0.3) is 0 Å². The smallest absolute Gasteiger partial charge is 0.404 e. The van der Waals surface area contributed by atoms with Gasteiger partial charge in [-0.1, -0.05) is 12.1 Å². The van der Waals surface area contributed by atoms with E-state index in [1.165, 1.54) is 31.4 Å². The monoisotopic (exact) mass is 292 g/mol. The van der Waals surface area contributed by atoms with E-state index in [4.69, 9.17) is 4.74 Å². The summed E-state index contributed by atoms with van der Waals surface area (Å²) in [5.41, 5.74) is 0.0896. The van der Waals surface area contributed by atoms with Crippen LogP contribution in [-0.4, -0.2) is 39.1 Å². The molecule has 2 N–H and O–H groups in total. The Morgan fingerprint density at radius 1 is 1.30 bits per heavy atom. The number of ether oxygens (including phenoxy) is 2. The van der Waals surface area contributed by atoms with Gasteiger partial charge in [-0.25, -0.2) is 0 Å². The Hall–Kier alpha value is -1.96. The molecule has 0 unspecified atom stereocenters. The number of hydrogen-bond acceptors (Lipinski definition) is 4. The molecule has 8 heteroatoms. The fraction of sp³-hybridized carbons (Fsp3) is 0.417. The van der Waals surface area contributed by atoms with Gasteiger partial charge in [0.1, 0.15) is 0 Å². The van der Waals surface area contributed by atoms with Gasteiger partial charge in [0.25, 0.3) is 0 Å². The Morgan fingerprint density at radius 3 is 2.65 bits per heavy atom.